The van der Waals surface area contributed by atoms with Crippen molar-refractivity contribution < 1.29 is 26.4 Å². The summed E-state index contributed by atoms with van der Waals surface area (Å²) in [7, 11) is -4.33. The first-order valence-corrected chi connectivity index (χ1v) is 8.66. The molecule has 0 N–H and O–H groups in total. The summed E-state index contributed by atoms with van der Waals surface area (Å²) in [6, 6.07) is 6.84. The summed E-state index contributed by atoms with van der Waals surface area (Å²) in [4.78, 5) is 14.3. The molecular weight excluding hydrogens is 381 g/mol. The minimum absolute atomic E-state index is 0.241. The van der Waals surface area contributed by atoms with Crippen LogP contribution in [0.4, 0.5) is 13.2 Å². The largest absolute Gasteiger partial charge is 0.418 e. The minimum Gasteiger partial charge on any atom is -0.271 e. The van der Waals surface area contributed by atoms with Gasteiger partial charge in [-0.2, -0.15) is 26.0 Å². The Hall–Kier alpha value is -2.26. The highest BCUT2D eigenvalue weighted by Gasteiger charge is 2.38. The molecule has 0 spiro atoms. The molecule has 2 rings (SSSR count). The maximum Gasteiger partial charge on any atom is 0.418 e. The van der Waals surface area contributed by atoms with Gasteiger partial charge in [0.1, 0.15) is 5.88 Å². The van der Waals surface area contributed by atoms with Gasteiger partial charge in [-0.15, -0.1) is 11.6 Å². The zero-order valence-electron chi connectivity index (χ0n) is 12.4. The number of nitrogens with zero attached hydrogens (tertiary/aromatic N) is 2. The van der Waals surface area contributed by atoms with Crippen molar-refractivity contribution >= 4 is 39.0 Å². The van der Waals surface area contributed by atoms with Crippen molar-refractivity contribution in [2.24, 2.45) is 9.39 Å². The van der Waals surface area contributed by atoms with E-state index in [2.05, 4.69) is 9.39 Å². The van der Waals surface area contributed by atoms with E-state index in [9.17, 15) is 26.4 Å². The molecule has 1 amide bonds. The third-order valence-electron chi connectivity index (χ3n) is 2.91. The molecule has 0 aromatic heterocycles. The Kier molecular flexibility index (Phi) is 5.58. The standard InChI is InChI=1S/C15H10ClF3N2O3S/c16-9-14(22)20-10-6-7-13(12(8-10)15(17,18)19)21-25(23,24)11-4-2-1-3-5-11/h1-8H,9H2/b20-10?,21-13-. The maximum atomic E-state index is 13.2. The summed E-state index contributed by atoms with van der Waals surface area (Å²) in [5.41, 5.74) is -2.42. The smallest absolute Gasteiger partial charge is 0.271 e. The van der Waals surface area contributed by atoms with E-state index < -0.39 is 39.3 Å². The number of aliphatic imine (C=N–C) groups is 1. The van der Waals surface area contributed by atoms with Crippen LogP contribution in [0.2, 0.25) is 0 Å². The Bertz CT molecular complexity index is 902. The third kappa shape index (κ3) is 4.86. The predicted octanol–water partition coefficient (Wildman–Crippen LogP) is 3.08. The molecule has 1 aliphatic rings. The molecule has 1 aromatic rings. The second-order valence-electron chi connectivity index (χ2n) is 4.72. The molecule has 0 heterocycles. The molecule has 0 atom stereocenters. The SMILES string of the molecule is O=C(CCl)N=C1C=C/C(=N/S(=O)(=O)c2ccccc2)C(C(F)(F)F)=C1. The lowest BCUT2D eigenvalue weighted by Gasteiger charge is -2.15. The fraction of sp³-hybridized carbons (Fsp3) is 0.133. The third-order valence-corrected chi connectivity index (χ3v) is 4.45. The predicted molar refractivity (Wildman–Crippen MR) is 87.5 cm³/mol. The number of alkyl halides is 4. The number of benzene rings is 1. The lowest BCUT2D eigenvalue weighted by Crippen LogP contribution is -2.24. The molecule has 0 bridgehead atoms. The first-order valence-electron chi connectivity index (χ1n) is 6.68. The van der Waals surface area contributed by atoms with Crippen LogP contribution < -0.4 is 0 Å². The van der Waals surface area contributed by atoms with Crippen molar-refractivity contribution in [1.82, 2.24) is 0 Å². The first kappa shape index (κ1) is 19.1. The lowest BCUT2D eigenvalue weighted by molar-refractivity contribution is -0.115. The number of amides is 1. The van der Waals surface area contributed by atoms with Gasteiger partial charge in [0.25, 0.3) is 15.9 Å². The normalized spacial score (nSPS) is 18.5. The van der Waals surface area contributed by atoms with E-state index in [1.54, 1.807) is 6.07 Å². The van der Waals surface area contributed by atoms with E-state index >= 15 is 0 Å². The minimum atomic E-state index is -4.89. The summed E-state index contributed by atoms with van der Waals surface area (Å²) in [5, 5.41) is 0. The highest BCUT2D eigenvalue weighted by Crippen LogP contribution is 2.30. The fourth-order valence-electron chi connectivity index (χ4n) is 1.85. The van der Waals surface area contributed by atoms with Gasteiger partial charge in [-0.1, -0.05) is 18.2 Å². The van der Waals surface area contributed by atoms with Gasteiger partial charge < -0.3 is 0 Å². The molecule has 0 saturated heterocycles. The number of rotatable bonds is 3. The van der Waals surface area contributed by atoms with Crippen LogP contribution in [0.25, 0.3) is 0 Å². The van der Waals surface area contributed by atoms with Gasteiger partial charge in [0.2, 0.25) is 0 Å². The molecule has 0 fully saturated rings. The zero-order chi connectivity index (χ0) is 18.7. The maximum absolute atomic E-state index is 13.2. The van der Waals surface area contributed by atoms with Gasteiger partial charge in [-0.25, -0.2) is 4.99 Å². The molecule has 0 saturated carbocycles. The molecule has 1 aliphatic carbocycles. The molecular formula is C15H10ClF3N2O3S. The summed E-state index contributed by atoms with van der Waals surface area (Å²) >= 11 is 5.25. The molecule has 25 heavy (non-hydrogen) atoms. The van der Waals surface area contributed by atoms with Gasteiger partial charge in [0.05, 0.1) is 21.9 Å². The second kappa shape index (κ2) is 7.32. The van der Waals surface area contributed by atoms with Crippen LogP contribution in [-0.4, -0.2) is 37.8 Å². The molecule has 0 radical (unpaired) electrons. The first-order chi connectivity index (χ1) is 11.6. The number of hydrogen-bond acceptors (Lipinski definition) is 3. The van der Waals surface area contributed by atoms with Gasteiger partial charge in [0.15, 0.2) is 0 Å². The number of sulfonamides is 1. The van der Waals surface area contributed by atoms with E-state index in [1.165, 1.54) is 24.3 Å². The Labute approximate surface area is 146 Å². The van der Waals surface area contributed by atoms with Gasteiger partial charge in [-0.05, 0) is 30.4 Å². The summed E-state index contributed by atoms with van der Waals surface area (Å²) in [5.74, 6) is -1.31. The van der Waals surface area contributed by atoms with Crippen LogP contribution in [0.5, 0.6) is 0 Å². The molecule has 5 nitrogen and oxygen atoms in total. The Morgan fingerprint density at radius 3 is 2.32 bits per heavy atom. The highest BCUT2D eigenvalue weighted by molar-refractivity contribution is 7.90. The Balaban J connectivity index is 2.51. The highest BCUT2D eigenvalue weighted by atomic mass is 35.5. The van der Waals surface area contributed by atoms with Crippen LogP contribution in [0.3, 0.4) is 0 Å². The number of halogens is 4. The monoisotopic (exact) mass is 390 g/mol. The van der Waals surface area contributed by atoms with Crippen LogP contribution in [0, 0.1) is 0 Å². The van der Waals surface area contributed by atoms with Gasteiger partial charge >= 0.3 is 6.18 Å². The molecule has 0 aliphatic heterocycles. The van der Waals surface area contributed by atoms with Crippen LogP contribution in [0.15, 0.2) is 68.4 Å². The number of allylic oxidation sites excluding steroid dienone is 4. The second-order valence-corrected chi connectivity index (χ2v) is 6.59. The average molecular weight is 391 g/mol. The van der Waals surface area contributed by atoms with Gasteiger partial charge in [-0.3, -0.25) is 4.79 Å². The van der Waals surface area contributed by atoms with Crippen molar-refractivity contribution in [3.63, 3.8) is 0 Å². The summed E-state index contributed by atoms with van der Waals surface area (Å²) in [6.45, 7) is 0. The molecule has 1 aromatic carbocycles. The van der Waals surface area contributed by atoms with E-state index in [-0.39, 0.29) is 10.6 Å². The van der Waals surface area contributed by atoms with Crippen molar-refractivity contribution in [2.45, 2.75) is 11.1 Å². The van der Waals surface area contributed by atoms with Crippen molar-refractivity contribution in [2.75, 3.05) is 5.88 Å². The Morgan fingerprint density at radius 2 is 1.76 bits per heavy atom. The zero-order valence-corrected chi connectivity index (χ0v) is 13.9. The van der Waals surface area contributed by atoms with Crippen molar-refractivity contribution in [3.05, 3.63) is 54.1 Å². The van der Waals surface area contributed by atoms with Crippen molar-refractivity contribution in [3.8, 4) is 0 Å². The van der Waals surface area contributed by atoms with E-state index in [4.69, 9.17) is 11.6 Å². The quantitative estimate of drug-likeness (QED) is 0.588. The van der Waals surface area contributed by atoms with Gasteiger partial charge in [0, 0.05) is 0 Å². The lowest BCUT2D eigenvalue weighted by atomic mass is 10.0. The number of carbonyl (C=O) groups is 1. The topological polar surface area (TPSA) is 75.9 Å². The van der Waals surface area contributed by atoms with Crippen LogP contribution in [0.1, 0.15) is 0 Å². The van der Waals surface area contributed by atoms with E-state index in [1.807, 2.05) is 0 Å². The van der Waals surface area contributed by atoms with Crippen LogP contribution >= 0.6 is 11.6 Å². The molecule has 10 heteroatoms. The average Bonchev–Trinajstić information content (AvgIpc) is 2.55. The van der Waals surface area contributed by atoms with Crippen molar-refractivity contribution in [1.29, 1.82) is 0 Å². The molecule has 132 valence electrons. The fourth-order valence-corrected chi connectivity index (χ4v) is 2.93. The van der Waals surface area contributed by atoms with Crippen LogP contribution in [-0.2, 0) is 14.8 Å². The van der Waals surface area contributed by atoms with E-state index in [0.717, 1.165) is 12.2 Å². The van der Waals surface area contributed by atoms with E-state index in [0.29, 0.717) is 6.08 Å². The molecule has 0 unspecified atom stereocenters. The Morgan fingerprint density at radius 1 is 1.12 bits per heavy atom. The number of hydrogen-bond donors (Lipinski definition) is 0. The number of carbonyl (C=O) groups excluding carboxylic acids is 1. The summed E-state index contributed by atoms with van der Waals surface area (Å²) in [6.07, 6.45) is -2.45. The summed E-state index contributed by atoms with van der Waals surface area (Å²) < 4.78 is 67.2.